The molecule has 0 amide bonds. The van der Waals surface area contributed by atoms with E-state index < -0.39 is 11.8 Å². The summed E-state index contributed by atoms with van der Waals surface area (Å²) in [4.78, 5) is 11.0. The molecule has 3 nitrogen and oxygen atoms in total. The van der Waals surface area contributed by atoms with Crippen molar-refractivity contribution >= 4 is 17.8 Å². The van der Waals surface area contributed by atoms with Gasteiger partial charge in [-0.15, -0.1) is 0 Å². The van der Waals surface area contributed by atoms with Crippen molar-refractivity contribution in [3.8, 4) is 0 Å². The molecule has 0 spiro atoms. The number of cyclic esters (lactones) is 2. The third-order valence-corrected chi connectivity index (χ3v) is 2.62. The van der Waals surface area contributed by atoms with Gasteiger partial charge < -0.3 is 9.47 Å². The van der Waals surface area contributed by atoms with Crippen LogP contribution in [0.25, 0.3) is 0 Å². The first-order valence-electron chi connectivity index (χ1n) is 4.64. The first-order valence-corrected chi connectivity index (χ1v) is 5.02. The summed E-state index contributed by atoms with van der Waals surface area (Å²) < 4.78 is 10.2. The summed E-state index contributed by atoms with van der Waals surface area (Å²) in [5.74, 6) is 0. The first-order chi connectivity index (χ1) is 6.99. The molecular formula is C11H11ClO3. The Labute approximate surface area is 92.9 Å². The number of benzene rings is 1. The second kappa shape index (κ2) is 3.42. The Morgan fingerprint density at radius 2 is 1.87 bits per heavy atom. The zero-order chi connectivity index (χ0) is 11.1. The predicted octanol–water partition coefficient (Wildman–Crippen LogP) is 3.33. The molecule has 0 N–H and O–H groups in total. The second-order valence-electron chi connectivity index (χ2n) is 4.00. The van der Waals surface area contributed by atoms with Gasteiger partial charge in [-0.25, -0.2) is 4.79 Å². The largest absolute Gasteiger partial charge is 0.509 e. The van der Waals surface area contributed by atoms with Crippen LogP contribution in [-0.2, 0) is 9.47 Å². The van der Waals surface area contributed by atoms with E-state index in [9.17, 15) is 4.79 Å². The zero-order valence-corrected chi connectivity index (χ0v) is 9.25. The lowest BCUT2D eigenvalue weighted by atomic mass is 9.95. The van der Waals surface area contributed by atoms with Crippen molar-refractivity contribution in [1.82, 2.24) is 0 Å². The lowest BCUT2D eigenvalue weighted by Gasteiger charge is -2.21. The fourth-order valence-corrected chi connectivity index (χ4v) is 1.76. The van der Waals surface area contributed by atoms with Gasteiger partial charge in [-0.3, -0.25) is 0 Å². The molecule has 1 atom stereocenters. The maximum absolute atomic E-state index is 11.0. The van der Waals surface area contributed by atoms with Gasteiger partial charge in [0.1, 0.15) is 0 Å². The van der Waals surface area contributed by atoms with Crippen molar-refractivity contribution < 1.29 is 14.3 Å². The summed E-state index contributed by atoms with van der Waals surface area (Å²) >= 11 is 5.78. The van der Waals surface area contributed by atoms with Crippen LogP contribution in [0.15, 0.2) is 24.3 Å². The second-order valence-corrected chi connectivity index (χ2v) is 4.44. The van der Waals surface area contributed by atoms with Crippen LogP contribution >= 0.6 is 11.6 Å². The number of hydrogen-bond acceptors (Lipinski definition) is 3. The van der Waals surface area contributed by atoms with E-state index in [1.54, 1.807) is 12.1 Å². The smallest absolute Gasteiger partial charge is 0.424 e. The number of ether oxygens (including phenoxy) is 2. The highest BCUT2D eigenvalue weighted by atomic mass is 35.5. The molecule has 80 valence electrons. The average molecular weight is 227 g/mol. The lowest BCUT2D eigenvalue weighted by Crippen LogP contribution is -2.26. The molecule has 0 aliphatic carbocycles. The minimum atomic E-state index is -0.634. The summed E-state index contributed by atoms with van der Waals surface area (Å²) in [6.07, 6.45) is -0.998. The highest BCUT2D eigenvalue weighted by Crippen LogP contribution is 2.38. The van der Waals surface area contributed by atoms with E-state index in [1.165, 1.54) is 0 Å². The van der Waals surface area contributed by atoms with Crippen molar-refractivity contribution in [2.45, 2.75) is 25.6 Å². The van der Waals surface area contributed by atoms with Crippen molar-refractivity contribution in [3.63, 3.8) is 0 Å². The Morgan fingerprint density at radius 1 is 1.27 bits per heavy atom. The Balaban J connectivity index is 2.31. The van der Waals surface area contributed by atoms with Crippen molar-refractivity contribution in [2.75, 3.05) is 0 Å². The fraction of sp³-hybridized carbons (Fsp3) is 0.364. The summed E-state index contributed by atoms with van der Waals surface area (Å²) in [5.41, 5.74) is 0.250. The Morgan fingerprint density at radius 3 is 2.33 bits per heavy atom. The van der Waals surface area contributed by atoms with Gasteiger partial charge in [0.2, 0.25) is 0 Å². The van der Waals surface area contributed by atoms with E-state index in [0.29, 0.717) is 5.02 Å². The highest BCUT2D eigenvalue weighted by molar-refractivity contribution is 6.30. The van der Waals surface area contributed by atoms with Crippen LogP contribution in [0.3, 0.4) is 0 Å². The van der Waals surface area contributed by atoms with Crippen molar-refractivity contribution in [3.05, 3.63) is 34.9 Å². The molecule has 2 rings (SSSR count). The van der Waals surface area contributed by atoms with E-state index in [4.69, 9.17) is 21.1 Å². The van der Waals surface area contributed by atoms with Crippen LogP contribution in [0.4, 0.5) is 4.79 Å². The summed E-state index contributed by atoms with van der Waals surface area (Å²) in [7, 11) is 0. The lowest BCUT2D eigenvalue weighted by molar-refractivity contribution is 0.0642. The Hall–Kier alpha value is -1.22. The van der Waals surface area contributed by atoms with Gasteiger partial charge in [0.05, 0.1) is 0 Å². The Bertz CT molecular complexity index is 383. The van der Waals surface area contributed by atoms with E-state index in [2.05, 4.69) is 0 Å². The average Bonchev–Trinajstić information content (AvgIpc) is 2.41. The van der Waals surface area contributed by atoms with Gasteiger partial charge in [0.15, 0.2) is 11.7 Å². The molecule has 1 aromatic carbocycles. The zero-order valence-electron chi connectivity index (χ0n) is 8.49. The summed E-state index contributed by atoms with van der Waals surface area (Å²) in [6.45, 7) is 3.63. The minimum absolute atomic E-state index is 0.373. The normalized spacial score (nSPS) is 23.4. The SMILES string of the molecule is CC1(C)OC(=O)OC1c1ccc(Cl)cc1. The molecule has 0 bridgehead atoms. The van der Waals surface area contributed by atoms with Gasteiger partial charge in [0.25, 0.3) is 0 Å². The van der Waals surface area contributed by atoms with E-state index in [0.717, 1.165) is 5.56 Å². The third-order valence-electron chi connectivity index (χ3n) is 2.36. The monoisotopic (exact) mass is 226 g/mol. The van der Waals surface area contributed by atoms with Gasteiger partial charge in [-0.05, 0) is 31.5 Å². The molecular weight excluding hydrogens is 216 g/mol. The third kappa shape index (κ3) is 1.92. The maximum atomic E-state index is 11.0. The predicted molar refractivity (Wildman–Crippen MR) is 55.8 cm³/mol. The molecule has 1 saturated heterocycles. The molecule has 0 radical (unpaired) electrons. The molecule has 1 aromatic rings. The van der Waals surface area contributed by atoms with Crippen LogP contribution in [0.1, 0.15) is 25.5 Å². The number of halogens is 1. The summed E-state index contributed by atoms with van der Waals surface area (Å²) in [6, 6.07) is 7.19. The number of carbonyl (C=O) groups excluding carboxylic acids is 1. The van der Waals surface area contributed by atoms with Gasteiger partial charge in [-0.2, -0.15) is 0 Å². The van der Waals surface area contributed by atoms with Gasteiger partial charge in [-0.1, -0.05) is 23.7 Å². The molecule has 1 fully saturated rings. The van der Waals surface area contributed by atoms with Crippen molar-refractivity contribution in [2.24, 2.45) is 0 Å². The van der Waals surface area contributed by atoms with E-state index >= 15 is 0 Å². The first kappa shape index (κ1) is 10.3. The molecule has 1 unspecified atom stereocenters. The standard InChI is InChI=1S/C11H11ClO3/c1-11(2)9(14-10(13)15-11)7-3-5-8(12)6-4-7/h3-6,9H,1-2H3. The Kier molecular flexibility index (Phi) is 2.35. The van der Waals surface area contributed by atoms with Crippen molar-refractivity contribution in [1.29, 1.82) is 0 Å². The fourth-order valence-electron chi connectivity index (χ4n) is 1.64. The number of hydrogen-bond donors (Lipinski definition) is 0. The quantitative estimate of drug-likeness (QED) is 0.689. The van der Waals surface area contributed by atoms with E-state index in [-0.39, 0.29) is 6.10 Å². The topological polar surface area (TPSA) is 35.5 Å². The number of carbonyl (C=O) groups is 1. The molecule has 1 aliphatic rings. The highest BCUT2D eigenvalue weighted by Gasteiger charge is 2.44. The maximum Gasteiger partial charge on any atom is 0.509 e. The van der Waals surface area contributed by atoms with Crippen LogP contribution in [0.5, 0.6) is 0 Å². The van der Waals surface area contributed by atoms with E-state index in [1.807, 2.05) is 26.0 Å². The molecule has 0 saturated carbocycles. The number of rotatable bonds is 1. The van der Waals surface area contributed by atoms with Crippen LogP contribution in [0, 0.1) is 0 Å². The van der Waals surface area contributed by atoms with Crippen LogP contribution in [0.2, 0.25) is 5.02 Å². The molecule has 15 heavy (non-hydrogen) atoms. The molecule has 4 heteroatoms. The molecule has 1 heterocycles. The van der Waals surface area contributed by atoms with Crippen LogP contribution in [-0.4, -0.2) is 11.8 Å². The van der Waals surface area contributed by atoms with Crippen LogP contribution < -0.4 is 0 Å². The van der Waals surface area contributed by atoms with Gasteiger partial charge in [0, 0.05) is 5.02 Å². The minimum Gasteiger partial charge on any atom is -0.424 e. The molecule has 0 aromatic heterocycles. The molecule has 1 aliphatic heterocycles. The van der Waals surface area contributed by atoms with Gasteiger partial charge >= 0.3 is 6.16 Å². The summed E-state index contributed by atoms with van der Waals surface area (Å²) in [5, 5.41) is 0.654.